The lowest BCUT2D eigenvalue weighted by Gasteiger charge is -2.23. The average molecular weight is 341 g/mol. The van der Waals surface area contributed by atoms with Crippen LogP contribution < -0.4 is 0 Å². The van der Waals surface area contributed by atoms with Gasteiger partial charge in [0.2, 0.25) is 0 Å². The van der Waals surface area contributed by atoms with Gasteiger partial charge in [-0.25, -0.2) is 0 Å². The molecule has 1 aromatic carbocycles. The molecule has 0 N–H and O–H groups in total. The number of Topliss-reactive ketones (excluding diaryl/α,β-unsaturated/α-hetero) is 1. The third-order valence-electron chi connectivity index (χ3n) is 4.67. The Labute approximate surface area is 147 Å². The first-order chi connectivity index (χ1) is 12.0. The zero-order valence-electron chi connectivity index (χ0n) is 14.9. The maximum absolute atomic E-state index is 13.0. The van der Waals surface area contributed by atoms with Crippen molar-refractivity contribution in [2.24, 2.45) is 0 Å². The smallest absolute Gasteiger partial charge is 0.254 e. The molecular weight excluding hydrogens is 318 g/mol. The molecule has 0 aliphatic carbocycles. The number of ether oxygens (including phenoxy) is 1. The normalized spacial score (nSPS) is 17.1. The van der Waals surface area contributed by atoms with Crippen LogP contribution in [0.4, 0.5) is 0 Å². The highest BCUT2D eigenvalue weighted by molar-refractivity contribution is 6.00. The van der Waals surface area contributed by atoms with Crippen molar-refractivity contribution in [1.82, 2.24) is 4.90 Å². The van der Waals surface area contributed by atoms with Gasteiger partial charge < -0.3 is 14.1 Å². The van der Waals surface area contributed by atoms with Crippen molar-refractivity contribution in [3.05, 3.63) is 58.5 Å². The van der Waals surface area contributed by atoms with Crippen molar-refractivity contribution in [3.8, 4) is 0 Å². The van der Waals surface area contributed by atoms with E-state index >= 15 is 0 Å². The van der Waals surface area contributed by atoms with Crippen LogP contribution in [-0.4, -0.2) is 30.2 Å². The predicted octanol–water partition coefficient (Wildman–Crippen LogP) is 3.91. The van der Waals surface area contributed by atoms with E-state index in [0.717, 1.165) is 29.9 Å². The van der Waals surface area contributed by atoms with E-state index < -0.39 is 0 Å². The standard InChI is InChI=1S/C20H23NO4/c1-13-6-7-15(11-17(13)14(2)22)20(23)21-10-4-5-18(21)19-9-8-16(25-19)12-24-3/h6-9,11,18H,4-5,10,12H2,1-3H3/t18-/m1/s1. The predicted molar refractivity (Wildman–Crippen MR) is 93.6 cm³/mol. The van der Waals surface area contributed by atoms with Crippen molar-refractivity contribution in [2.45, 2.75) is 39.3 Å². The van der Waals surface area contributed by atoms with Gasteiger partial charge in [0, 0.05) is 24.8 Å². The lowest BCUT2D eigenvalue weighted by molar-refractivity contribution is 0.0716. The summed E-state index contributed by atoms with van der Waals surface area (Å²) in [5.41, 5.74) is 2.03. The summed E-state index contributed by atoms with van der Waals surface area (Å²) in [7, 11) is 1.62. The third kappa shape index (κ3) is 3.51. The van der Waals surface area contributed by atoms with Crippen LogP contribution in [0.1, 0.15) is 63.6 Å². The van der Waals surface area contributed by atoms with Crippen LogP contribution in [0.15, 0.2) is 34.7 Å². The molecule has 0 bridgehead atoms. The number of carbonyl (C=O) groups is 2. The number of benzene rings is 1. The molecule has 1 fully saturated rings. The fraction of sp³-hybridized carbons (Fsp3) is 0.400. The molecule has 132 valence electrons. The third-order valence-corrected chi connectivity index (χ3v) is 4.67. The summed E-state index contributed by atoms with van der Waals surface area (Å²) in [4.78, 5) is 26.6. The Kier molecular flexibility index (Phi) is 5.04. The number of methoxy groups -OCH3 is 1. The van der Waals surface area contributed by atoms with Crippen LogP contribution >= 0.6 is 0 Å². The fourth-order valence-electron chi connectivity index (χ4n) is 3.40. The Morgan fingerprint density at radius 2 is 2.08 bits per heavy atom. The molecule has 1 aromatic heterocycles. The Morgan fingerprint density at radius 3 is 2.80 bits per heavy atom. The molecule has 3 rings (SSSR count). The number of likely N-dealkylation sites (tertiary alicyclic amines) is 1. The number of furan rings is 1. The molecule has 0 saturated carbocycles. The van der Waals surface area contributed by atoms with E-state index in [0.29, 0.717) is 24.3 Å². The molecular formula is C20H23NO4. The quantitative estimate of drug-likeness (QED) is 0.774. The van der Waals surface area contributed by atoms with Crippen LogP contribution in [0.5, 0.6) is 0 Å². The molecule has 5 nitrogen and oxygen atoms in total. The Bertz CT molecular complexity index is 793. The molecule has 0 unspecified atom stereocenters. The molecule has 1 atom stereocenters. The summed E-state index contributed by atoms with van der Waals surface area (Å²) >= 11 is 0. The van der Waals surface area contributed by atoms with E-state index in [1.165, 1.54) is 6.92 Å². The van der Waals surface area contributed by atoms with Crippen molar-refractivity contribution in [1.29, 1.82) is 0 Å². The molecule has 5 heteroatoms. The lowest BCUT2D eigenvalue weighted by Crippen LogP contribution is -2.30. The number of nitrogens with zero attached hydrogens (tertiary/aromatic N) is 1. The first kappa shape index (κ1) is 17.4. The van der Waals surface area contributed by atoms with E-state index in [4.69, 9.17) is 9.15 Å². The summed E-state index contributed by atoms with van der Waals surface area (Å²) in [5, 5.41) is 0. The van der Waals surface area contributed by atoms with Gasteiger partial charge in [0.1, 0.15) is 18.1 Å². The zero-order chi connectivity index (χ0) is 18.0. The van der Waals surface area contributed by atoms with Gasteiger partial charge in [-0.05, 0) is 56.5 Å². The summed E-state index contributed by atoms with van der Waals surface area (Å²) in [6, 6.07) is 9.06. The summed E-state index contributed by atoms with van der Waals surface area (Å²) in [6.07, 6.45) is 1.80. The molecule has 2 aromatic rings. The van der Waals surface area contributed by atoms with Crippen LogP contribution in [0.2, 0.25) is 0 Å². The van der Waals surface area contributed by atoms with Gasteiger partial charge in [-0.3, -0.25) is 9.59 Å². The van der Waals surface area contributed by atoms with Gasteiger partial charge in [-0.2, -0.15) is 0 Å². The summed E-state index contributed by atoms with van der Waals surface area (Å²) < 4.78 is 10.9. The Morgan fingerprint density at radius 1 is 1.28 bits per heavy atom. The monoisotopic (exact) mass is 341 g/mol. The van der Waals surface area contributed by atoms with Gasteiger partial charge in [-0.15, -0.1) is 0 Å². The number of ketones is 1. The van der Waals surface area contributed by atoms with Crippen LogP contribution in [0.3, 0.4) is 0 Å². The van der Waals surface area contributed by atoms with Gasteiger partial charge >= 0.3 is 0 Å². The van der Waals surface area contributed by atoms with Crippen LogP contribution in [-0.2, 0) is 11.3 Å². The fourth-order valence-corrected chi connectivity index (χ4v) is 3.40. The molecule has 2 heterocycles. The highest BCUT2D eigenvalue weighted by Gasteiger charge is 2.33. The molecule has 0 radical (unpaired) electrons. The van der Waals surface area contributed by atoms with Crippen LogP contribution in [0, 0.1) is 6.92 Å². The van der Waals surface area contributed by atoms with Crippen molar-refractivity contribution in [3.63, 3.8) is 0 Å². The zero-order valence-corrected chi connectivity index (χ0v) is 14.9. The number of aryl methyl sites for hydroxylation is 1. The minimum Gasteiger partial charge on any atom is -0.461 e. The van der Waals surface area contributed by atoms with E-state index in [-0.39, 0.29) is 17.7 Å². The molecule has 1 aliphatic heterocycles. The van der Waals surface area contributed by atoms with Gasteiger partial charge in [0.05, 0.1) is 6.04 Å². The largest absolute Gasteiger partial charge is 0.461 e. The van der Waals surface area contributed by atoms with Crippen molar-refractivity contribution < 1.29 is 18.7 Å². The Balaban J connectivity index is 1.85. The topological polar surface area (TPSA) is 59.8 Å². The maximum atomic E-state index is 13.0. The highest BCUT2D eigenvalue weighted by Crippen LogP contribution is 2.34. The van der Waals surface area contributed by atoms with Crippen molar-refractivity contribution in [2.75, 3.05) is 13.7 Å². The second-order valence-corrected chi connectivity index (χ2v) is 6.48. The van der Waals surface area contributed by atoms with Crippen LogP contribution in [0.25, 0.3) is 0 Å². The SMILES string of the molecule is COCc1ccc([C@H]2CCCN2C(=O)c2ccc(C)c(C(C)=O)c2)o1. The Hall–Kier alpha value is -2.40. The van der Waals surface area contributed by atoms with E-state index in [2.05, 4.69) is 0 Å². The van der Waals surface area contributed by atoms with E-state index in [1.807, 2.05) is 30.0 Å². The number of hydrogen-bond donors (Lipinski definition) is 0. The summed E-state index contributed by atoms with van der Waals surface area (Å²) in [5.74, 6) is 1.46. The van der Waals surface area contributed by atoms with E-state index in [9.17, 15) is 9.59 Å². The molecule has 1 saturated heterocycles. The minimum absolute atomic E-state index is 0.0274. The number of carbonyl (C=O) groups excluding carboxylic acids is 2. The van der Waals surface area contributed by atoms with Gasteiger partial charge in [0.25, 0.3) is 5.91 Å². The first-order valence-electron chi connectivity index (χ1n) is 8.51. The highest BCUT2D eigenvalue weighted by atomic mass is 16.5. The average Bonchev–Trinajstić information content (AvgIpc) is 3.23. The van der Waals surface area contributed by atoms with Gasteiger partial charge in [0.15, 0.2) is 5.78 Å². The second-order valence-electron chi connectivity index (χ2n) is 6.48. The number of hydrogen-bond acceptors (Lipinski definition) is 4. The first-order valence-corrected chi connectivity index (χ1v) is 8.51. The number of rotatable bonds is 5. The molecule has 25 heavy (non-hydrogen) atoms. The second kappa shape index (κ2) is 7.23. The minimum atomic E-state index is -0.0693. The van der Waals surface area contributed by atoms with Gasteiger partial charge in [-0.1, -0.05) is 6.07 Å². The van der Waals surface area contributed by atoms with Crippen molar-refractivity contribution >= 4 is 11.7 Å². The molecule has 1 aliphatic rings. The maximum Gasteiger partial charge on any atom is 0.254 e. The summed E-state index contributed by atoms with van der Waals surface area (Å²) in [6.45, 7) is 4.51. The molecule has 1 amide bonds. The van der Waals surface area contributed by atoms with E-state index in [1.54, 1.807) is 19.2 Å². The molecule has 0 spiro atoms. The number of amides is 1. The lowest BCUT2D eigenvalue weighted by atomic mass is 10.0.